The number of amides is 1. The number of hydrazone groups is 1. The zero-order valence-electron chi connectivity index (χ0n) is 18.2. The summed E-state index contributed by atoms with van der Waals surface area (Å²) in [7, 11) is 0. The zero-order chi connectivity index (χ0) is 23.3. The highest BCUT2D eigenvalue weighted by Gasteiger charge is 2.09. The van der Waals surface area contributed by atoms with Gasteiger partial charge in [0.15, 0.2) is 8.68 Å². The predicted octanol–water partition coefficient (Wildman–Crippen LogP) is 6.30. The van der Waals surface area contributed by atoms with Gasteiger partial charge in [-0.05, 0) is 47.9 Å². The Kier molecular flexibility index (Phi) is 11.0. The van der Waals surface area contributed by atoms with Crippen molar-refractivity contribution in [2.45, 2.75) is 40.6 Å². The summed E-state index contributed by atoms with van der Waals surface area (Å²) in [6.45, 7) is 2.90. The number of thioether (sulfide) groups is 2. The standard InChI is InChI=1S/C23H25ClN4O2S3/c1-2-3-6-13-30-19-11-9-17(10-12-19)14-25-26-21(29)16-32-23-28-27-22(33-23)31-15-18-7-4-5-8-20(18)24/h4-5,7-12,14H,2-3,6,13,15-16H2,1H3,(H,26,29). The minimum absolute atomic E-state index is 0.201. The number of nitrogens with one attached hydrogen (secondary N) is 1. The topological polar surface area (TPSA) is 76.5 Å². The molecule has 10 heteroatoms. The molecule has 0 fully saturated rings. The maximum atomic E-state index is 12.1. The molecule has 0 saturated carbocycles. The summed E-state index contributed by atoms with van der Waals surface area (Å²) in [5.74, 6) is 1.57. The Bertz CT molecular complexity index is 1040. The average molecular weight is 521 g/mol. The van der Waals surface area contributed by atoms with Crippen LogP contribution >= 0.6 is 46.5 Å². The van der Waals surface area contributed by atoms with Crippen molar-refractivity contribution in [3.8, 4) is 5.75 Å². The fraction of sp³-hybridized carbons (Fsp3) is 0.304. The van der Waals surface area contributed by atoms with E-state index in [1.165, 1.54) is 35.9 Å². The summed E-state index contributed by atoms with van der Waals surface area (Å²) >= 11 is 10.6. The number of unbranched alkanes of at least 4 members (excludes halogenated alkanes) is 2. The van der Waals surface area contributed by atoms with Crippen LogP contribution in [0.1, 0.15) is 37.3 Å². The lowest BCUT2D eigenvalue weighted by atomic mass is 10.2. The summed E-state index contributed by atoms with van der Waals surface area (Å²) in [6.07, 6.45) is 5.02. The second-order valence-electron chi connectivity index (χ2n) is 6.92. The summed E-state index contributed by atoms with van der Waals surface area (Å²) in [4.78, 5) is 12.1. The fourth-order valence-electron chi connectivity index (χ4n) is 2.60. The molecule has 1 aromatic heterocycles. The van der Waals surface area contributed by atoms with Crippen LogP contribution in [-0.4, -0.2) is 34.7 Å². The molecule has 3 aromatic rings. The molecule has 0 aliphatic heterocycles. The molecular weight excluding hydrogens is 496 g/mol. The first-order valence-electron chi connectivity index (χ1n) is 10.5. The molecular formula is C23H25ClN4O2S3. The van der Waals surface area contributed by atoms with Gasteiger partial charge >= 0.3 is 0 Å². The number of hydrogen-bond acceptors (Lipinski definition) is 8. The van der Waals surface area contributed by atoms with E-state index in [9.17, 15) is 4.79 Å². The molecule has 3 rings (SSSR count). The first-order valence-corrected chi connectivity index (χ1v) is 13.7. The van der Waals surface area contributed by atoms with E-state index >= 15 is 0 Å². The number of halogens is 1. The number of ether oxygens (including phenoxy) is 1. The third kappa shape index (κ3) is 9.37. The lowest BCUT2D eigenvalue weighted by Gasteiger charge is -2.05. The molecule has 0 saturated heterocycles. The summed E-state index contributed by atoms with van der Waals surface area (Å²) < 4.78 is 7.27. The summed E-state index contributed by atoms with van der Waals surface area (Å²) in [5, 5.41) is 13.1. The molecule has 1 amide bonds. The molecule has 1 N–H and O–H groups in total. The van der Waals surface area contributed by atoms with Crippen molar-refractivity contribution in [2.24, 2.45) is 5.10 Å². The first-order chi connectivity index (χ1) is 16.1. The molecule has 0 unspecified atom stereocenters. The first kappa shape index (κ1) is 25.6. The highest BCUT2D eigenvalue weighted by atomic mass is 35.5. The Morgan fingerprint density at radius 3 is 2.64 bits per heavy atom. The van der Waals surface area contributed by atoms with Crippen LogP contribution in [0.15, 0.2) is 62.3 Å². The number of aromatic nitrogens is 2. The molecule has 33 heavy (non-hydrogen) atoms. The minimum atomic E-state index is -0.201. The van der Waals surface area contributed by atoms with Gasteiger partial charge in [0.25, 0.3) is 5.91 Å². The number of carbonyl (C=O) groups excluding carboxylic acids is 1. The van der Waals surface area contributed by atoms with Gasteiger partial charge in [0.05, 0.1) is 18.6 Å². The second-order valence-corrected chi connectivity index (χ2v) is 10.8. The van der Waals surface area contributed by atoms with Gasteiger partial charge in [0.1, 0.15) is 5.75 Å². The monoisotopic (exact) mass is 520 g/mol. The SMILES string of the molecule is CCCCCOc1ccc(C=NNC(=O)CSc2nnc(SCc3ccccc3Cl)s2)cc1. The number of rotatable bonds is 13. The van der Waals surface area contributed by atoms with Crippen LogP contribution in [0.4, 0.5) is 0 Å². The molecule has 174 valence electrons. The Morgan fingerprint density at radius 1 is 1.12 bits per heavy atom. The Morgan fingerprint density at radius 2 is 1.88 bits per heavy atom. The maximum Gasteiger partial charge on any atom is 0.250 e. The molecule has 0 atom stereocenters. The Hall–Kier alpha value is -2.07. The lowest BCUT2D eigenvalue weighted by Crippen LogP contribution is -2.19. The van der Waals surface area contributed by atoms with Gasteiger partial charge < -0.3 is 4.74 Å². The van der Waals surface area contributed by atoms with Crippen molar-refractivity contribution in [2.75, 3.05) is 12.4 Å². The van der Waals surface area contributed by atoms with Crippen LogP contribution in [-0.2, 0) is 10.5 Å². The molecule has 0 spiro atoms. The number of carbonyl (C=O) groups is 1. The molecule has 0 aliphatic carbocycles. The third-order valence-electron chi connectivity index (χ3n) is 4.32. The Balaban J connectivity index is 1.35. The smallest absolute Gasteiger partial charge is 0.250 e. The molecule has 0 bridgehead atoms. The van der Waals surface area contributed by atoms with Crippen LogP contribution in [0.5, 0.6) is 5.75 Å². The van der Waals surface area contributed by atoms with Crippen LogP contribution in [0.3, 0.4) is 0 Å². The van der Waals surface area contributed by atoms with Gasteiger partial charge in [0, 0.05) is 10.8 Å². The highest BCUT2D eigenvalue weighted by molar-refractivity contribution is 8.03. The molecule has 2 aromatic carbocycles. The minimum Gasteiger partial charge on any atom is -0.494 e. The van der Waals surface area contributed by atoms with Crippen LogP contribution in [0, 0.1) is 0 Å². The number of benzene rings is 2. The van der Waals surface area contributed by atoms with E-state index in [2.05, 4.69) is 27.6 Å². The average Bonchev–Trinajstić information content (AvgIpc) is 3.29. The second kappa shape index (κ2) is 14.2. The third-order valence-corrected chi connectivity index (χ3v) is 7.93. The quantitative estimate of drug-likeness (QED) is 0.123. The van der Waals surface area contributed by atoms with Crippen molar-refractivity contribution >= 4 is 58.6 Å². The summed E-state index contributed by atoms with van der Waals surface area (Å²) in [5.41, 5.74) is 4.48. The van der Waals surface area contributed by atoms with Gasteiger partial charge in [-0.1, -0.05) is 84.4 Å². The van der Waals surface area contributed by atoms with E-state index in [0.717, 1.165) is 49.4 Å². The molecule has 0 aliphatic rings. The van der Waals surface area contributed by atoms with Gasteiger partial charge in [0.2, 0.25) is 0 Å². The van der Waals surface area contributed by atoms with E-state index < -0.39 is 0 Å². The highest BCUT2D eigenvalue weighted by Crippen LogP contribution is 2.32. The Labute approximate surface area is 211 Å². The molecule has 0 radical (unpaired) electrons. The predicted molar refractivity (Wildman–Crippen MR) is 139 cm³/mol. The largest absolute Gasteiger partial charge is 0.494 e. The van der Waals surface area contributed by atoms with Crippen molar-refractivity contribution in [1.82, 2.24) is 15.6 Å². The van der Waals surface area contributed by atoms with Crippen LogP contribution in [0.2, 0.25) is 5.02 Å². The number of hydrogen-bond donors (Lipinski definition) is 1. The van der Waals surface area contributed by atoms with Crippen molar-refractivity contribution in [3.05, 3.63) is 64.7 Å². The number of nitrogens with zero attached hydrogens (tertiary/aromatic N) is 3. The van der Waals surface area contributed by atoms with E-state index in [0.29, 0.717) is 0 Å². The lowest BCUT2D eigenvalue weighted by molar-refractivity contribution is -0.118. The van der Waals surface area contributed by atoms with E-state index in [1.807, 2.05) is 48.5 Å². The van der Waals surface area contributed by atoms with E-state index in [4.69, 9.17) is 16.3 Å². The zero-order valence-corrected chi connectivity index (χ0v) is 21.4. The van der Waals surface area contributed by atoms with Crippen LogP contribution < -0.4 is 10.2 Å². The van der Waals surface area contributed by atoms with Gasteiger partial charge in [-0.25, -0.2) is 5.43 Å². The van der Waals surface area contributed by atoms with Gasteiger partial charge in [-0.3, -0.25) is 4.79 Å². The fourth-order valence-corrected chi connectivity index (χ4v) is 5.70. The molecule has 6 nitrogen and oxygen atoms in total. The van der Waals surface area contributed by atoms with E-state index in [-0.39, 0.29) is 11.7 Å². The summed E-state index contributed by atoms with van der Waals surface area (Å²) in [6, 6.07) is 15.4. The van der Waals surface area contributed by atoms with E-state index in [1.54, 1.807) is 18.0 Å². The van der Waals surface area contributed by atoms with Crippen molar-refractivity contribution < 1.29 is 9.53 Å². The van der Waals surface area contributed by atoms with Crippen molar-refractivity contribution in [3.63, 3.8) is 0 Å². The van der Waals surface area contributed by atoms with Gasteiger partial charge in [-0.15, -0.1) is 10.2 Å². The normalized spacial score (nSPS) is 11.1. The molecule has 1 heterocycles. The van der Waals surface area contributed by atoms with Crippen LogP contribution in [0.25, 0.3) is 0 Å². The van der Waals surface area contributed by atoms with Gasteiger partial charge in [-0.2, -0.15) is 5.10 Å². The maximum absolute atomic E-state index is 12.1. The van der Waals surface area contributed by atoms with Crippen molar-refractivity contribution in [1.29, 1.82) is 0 Å².